The Morgan fingerprint density at radius 3 is 2.62 bits per heavy atom. The molecule has 0 heterocycles. The topological polar surface area (TPSA) is 46.5 Å². The Bertz CT molecular complexity index is 242. The molecular formula is C13H22O3. The number of aliphatic hydroxyl groups excluding tert-OH is 1. The highest BCUT2D eigenvalue weighted by atomic mass is 16.5. The maximum Gasteiger partial charge on any atom is 0.336 e. The van der Waals surface area contributed by atoms with Crippen molar-refractivity contribution in [2.75, 3.05) is 6.61 Å². The minimum absolute atomic E-state index is 0.190. The highest BCUT2D eigenvalue weighted by Gasteiger charge is 2.27. The van der Waals surface area contributed by atoms with Crippen LogP contribution in [-0.4, -0.2) is 23.8 Å². The summed E-state index contributed by atoms with van der Waals surface area (Å²) in [4.78, 5) is 11.5. The summed E-state index contributed by atoms with van der Waals surface area (Å²) in [7, 11) is 0. The molecule has 0 bridgehead atoms. The second-order valence-electron chi connectivity index (χ2n) is 4.50. The standard InChI is InChI=1S/C13H22O3/c1-3-9-16-13(15)10(2)12(14)11-7-5-4-6-8-11/h11-12,14H,2-9H2,1H3. The lowest BCUT2D eigenvalue weighted by atomic mass is 9.83. The number of carbonyl (C=O) groups is 1. The number of aliphatic hydroxyl groups is 1. The molecule has 1 rings (SSSR count). The van der Waals surface area contributed by atoms with Gasteiger partial charge in [0, 0.05) is 0 Å². The van der Waals surface area contributed by atoms with E-state index in [-0.39, 0.29) is 11.5 Å². The van der Waals surface area contributed by atoms with Crippen molar-refractivity contribution < 1.29 is 14.6 Å². The molecule has 3 heteroatoms. The predicted octanol–water partition coefficient (Wildman–Crippen LogP) is 2.44. The number of esters is 1. The molecule has 0 spiro atoms. The molecule has 92 valence electrons. The number of hydrogen-bond acceptors (Lipinski definition) is 3. The molecule has 1 fully saturated rings. The maximum absolute atomic E-state index is 11.5. The molecule has 0 aliphatic heterocycles. The van der Waals surface area contributed by atoms with Crippen LogP contribution in [0.4, 0.5) is 0 Å². The van der Waals surface area contributed by atoms with Gasteiger partial charge in [-0.05, 0) is 25.2 Å². The van der Waals surface area contributed by atoms with Crippen molar-refractivity contribution in [3.63, 3.8) is 0 Å². The van der Waals surface area contributed by atoms with E-state index in [9.17, 15) is 9.90 Å². The summed E-state index contributed by atoms with van der Waals surface area (Å²) in [5.74, 6) is -0.254. The molecule has 0 radical (unpaired) electrons. The van der Waals surface area contributed by atoms with Crippen molar-refractivity contribution in [2.45, 2.75) is 51.6 Å². The fourth-order valence-corrected chi connectivity index (χ4v) is 2.14. The van der Waals surface area contributed by atoms with Crippen molar-refractivity contribution in [2.24, 2.45) is 5.92 Å². The normalized spacial score (nSPS) is 19.1. The van der Waals surface area contributed by atoms with E-state index in [2.05, 4.69) is 6.58 Å². The second kappa shape index (κ2) is 6.69. The molecule has 0 saturated heterocycles. The average molecular weight is 226 g/mol. The Morgan fingerprint density at radius 1 is 1.44 bits per heavy atom. The second-order valence-corrected chi connectivity index (χ2v) is 4.50. The van der Waals surface area contributed by atoms with Gasteiger partial charge < -0.3 is 9.84 Å². The van der Waals surface area contributed by atoms with E-state index in [1.165, 1.54) is 6.42 Å². The van der Waals surface area contributed by atoms with Gasteiger partial charge in [0.2, 0.25) is 0 Å². The summed E-state index contributed by atoms with van der Waals surface area (Å²) in [5, 5.41) is 10.0. The number of ether oxygens (including phenoxy) is 1. The van der Waals surface area contributed by atoms with Crippen LogP contribution in [0.1, 0.15) is 45.4 Å². The molecule has 16 heavy (non-hydrogen) atoms. The lowest BCUT2D eigenvalue weighted by molar-refractivity contribution is -0.140. The molecule has 0 amide bonds. The first kappa shape index (κ1) is 13.2. The highest BCUT2D eigenvalue weighted by molar-refractivity contribution is 5.88. The minimum atomic E-state index is -0.718. The Balaban J connectivity index is 2.42. The predicted molar refractivity (Wildman–Crippen MR) is 63.0 cm³/mol. The minimum Gasteiger partial charge on any atom is -0.462 e. The van der Waals surface area contributed by atoms with E-state index in [0.29, 0.717) is 6.61 Å². The van der Waals surface area contributed by atoms with Gasteiger partial charge in [0.25, 0.3) is 0 Å². The Kier molecular flexibility index (Phi) is 5.53. The Morgan fingerprint density at radius 2 is 2.06 bits per heavy atom. The first-order valence-corrected chi connectivity index (χ1v) is 6.20. The summed E-state index contributed by atoms with van der Waals surface area (Å²) < 4.78 is 4.97. The summed E-state index contributed by atoms with van der Waals surface area (Å²) in [6.45, 7) is 5.99. The van der Waals surface area contributed by atoms with Crippen LogP contribution in [0.25, 0.3) is 0 Å². The smallest absolute Gasteiger partial charge is 0.336 e. The zero-order valence-electron chi connectivity index (χ0n) is 10.1. The molecule has 0 aromatic carbocycles. The van der Waals surface area contributed by atoms with Crippen molar-refractivity contribution in [3.8, 4) is 0 Å². The molecule has 1 aliphatic carbocycles. The molecule has 1 saturated carbocycles. The van der Waals surface area contributed by atoms with Crippen LogP contribution in [-0.2, 0) is 9.53 Å². The van der Waals surface area contributed by atoms with E-state index in [1.54, 1.807) is 0 Å². The largest absolute Gasteiger partial charge is 0.462 e. The van der Waals surface area contributed by atoms with Crippen LogP contribution >= 0.6 is 0 Å². The molecule has 0 aromatic heterocycles. The summed E-state index contributed by atoms with van der Waals surface area (Å²) in [5.41, 5.74) is 0.223. The number of hydrogen-bond donors (Lipinski definition) is 1. The van der Waals surface area contributed by atoms with Crippen LogP contribution in [0, 0.1) is 5.92 Å². The highest BCUT2D eigenvalue weighted by Crippen LogP contribution is 2.29. The van der Waals surface area contributed by atoms with Crippen molar-refractivity contribution >= 4 is 5.97 Å². The van der Waals surface area contributed by atoms with Gasteiger partial charge >= 0.3 is 5.97 Å². The van der Waals surface area contributed by atoms with Crippen LogP contribution in [0.5, 0.6) is 0 Å². The number of carbonyl (C=O) groups excluding carboxylic acids is 1. The van der Waals surface area contributed by atoms with E-state index >= 15 is 0 Å². The van der Waals surface area contributed by atoms with E-state index in [4.69, 9.17) is 4.74 Å². The third-order valence-corrected chi connectivity index (χ3v) is 3.15. The molecule has 1 aliphatic rings. The molecule has 1 unspecified atom stereocenters. The van der Waals surface area contributed by atoms with Gasteiger partial charge in [0.1, 0.15) is 0 Å². The molecule has 3 nitrogen and oxygen atoms in total. The maximum atomic E-state index is 11.5. The first-order chi connectivity index (χ1) is 7.66. The van der Waals surface area contributed by atoms with Crippen LogP contribution in [0.2, 0.25) is 0 Å². The van der Waals surface area contributed by atoms with E-state index < -0.39 is 12.1 Å². The SMILES string of the molecule is C=C(C(=O)OCCC)C(O)C1CCCCC1. The lowest BCUT2D eigenvalue weighted by Crippen LogP contribution is -2.29. The van der Waals surface area contributed by atoms with Gasteiger partial charge in [-0.25, -0.2) is 4.79 Å². The lowest BCUT2D eigenvalue weighted by Gasteiger charge is -2.27. The van der Waals surface area contributed by atoms with Crippen molar-refractivity contribution in [1.82, 2.24) is 0 Å². The quantitative estimate of drug-likeness (QED) is 0.578. The van der Waals surface area contributed by atoms with Gasteiger partial charge in [-0.1, -0.05) is 32.8 Å². The fraction of sp³-hybridized carbons (Fsp3) is 0.769. The van der Waals surface area contributed by atoms with Gasteiger partial charge in [-0.2, -0.15) is 0 Å². The molecule has 1 atom stereocenters. The summed E-state index contributed by atoms with van der Waals surface area (Å²) in [6, 6.07) is 0. The monoisotopic (exact) mass is 226 g/mol. The van der Waals surface area contributed by atoms with Crippen molar-refractivity contribution in [1.29, 1.82) is 0 Å². The molecule has 1 N–H and O–H groups in total. The summed E-state index contributed by atoms with van der Waals surface area (Å²) in [6.07, 6.45) is 5.55. The van der Waals surface area contributed by atoms with Crippen molar-refractivity contribution in [3.05, 3.63) is 12.2 Å². The number of rotatable bonds is 5. The average Bonchev–Trinajstić information content (AvgIpc) is 2.35. The van der Waals surface area contributed by atoms with Crippen LogP contribution in [0.3, 0.4) is 0 Å². The van der Waals surface area contributed by atoms with Gasteiger partial charge in [-0.15, -0.1) is 0 Å². The third-order valence-electron chi connectivity index (χ3n) is 3.15. The fourth-order valence-electron chi connectivity index (χ4n) is 2.14. The van der Waals surface area contributed by atoms with E-state index in [0.717, 1.165) is 32.1 Å². The molecular weight excluding hydrogens is 204 g/mol. The zero-order valence-corrected chi connectivity index (χ0v) is 10.1. The van der Waals surface area contributed by atoms with Crippen LogP contribution < -0.4 is 0 Å². The Labute approximate surface area is 97.5 Å². The van der Waals surface area contributed by atoms with E-state index in [1.807, 2.05) is 6.92 Å². The molecule has 0 aromatic rings. The third kappa shape index (κ3) is 3.63. The van der Waals surface area contributed by atoms with Crippen LogP contribution in [0.15, 0.2) is 12.2 Å². The van der Waals surface area contributed by atoms with Gasteiger partial charge in [0.15, 0.2) is 0 Å². The Hall–Kier alpha value is -0.830. The van der Waals surface area contributed by atoms with Gasteiger partial charge in [-0.3, -0.25) is 0 Å². The summed E-state index contributed by atoms with van der Waals surface area (Å²) >= 11 is 0. The zero-order chi connectivity index (χ0) is 12.0. The van der Waals surface area contributed by atoms with Gasteiger partial charge in [0.05, 0.1) is 18.3 Å². The first-order valence-electron chi connectivity index (χ1n) is 6.20.